The van der Waals surface area contributed by atoms with Gasteiger partial charge in [-0.25, -0.2) is 0 Å². The summed E-state index contributed by atoms with van der Waals surface area (Å²) in [6.45, 7) is 3.32. The smallest absolute Gasteiger partial charge is 0.227 e. The Hall–Kier alpha value is -1.06. The minimum absolute atomic E-state index is 0. The fourth-order valence-electron chi connectivity index (χ4n) is 4.90. The van der Waals surface area contributed by atoms with Gasteiger partial charge in [0.25, 0.3) is 0 Å². The lowest BCUT2D eigenvalue weighted by Crippen LogP contribution is -2.36. The Morgan fingerprint density at radius 3 is 2.48 bits per heavy atom. The molecule has 2 aliphatic heterocycles. The standard InChI is InChI=1S/C21H30N2O.ClH/c1-22-20(18-10-9-16-7-3-4-8-17(16)13-18)14-19(21(22)24)15-23-11-5-2-6-12-23;/h9-10,13,19-20H,2-8,11-12,14-15H2,1H3;1H/t19-,20+;/m1./s1. The zero-order valence-electron chi connectivity index (χ0n) is 15.4. The van der Waals surface area contributed by atoms with E-state index in [9.17, 15) is 4.79 Å². The Morgan fingerprint density at radius 2 is 1.72 bits per heavy atom. The molecule has 1 aliphatic carbocycles. The molecule has 1 aromatic carbocycles. The van der Waals surface area contributed by atoms with Gasteiger partial charge in [-0.05, 0) is 74.7 Å². The highest BCUT2D eigenvalue weighted by molar-refractivity contribution is 5.85. The summed E-state index contributed by atoms with van der Waals surface area (Å²) in [5.41, 5.74) is 4.41. The van der Waals surface area contributed by atoms with E-state index in [2.05, 4.69) is 23.1 Å². The van der Waals surface area contributed by atoms with Crippen molar-refractivity contribution in [3.05, 3.63) is 34.9 Å². The molecule has 2 atom stereocenters. The van der Waals surface area contributed by atoms with E-state index in [0.717, 1.165) is 13.0 Å². The minimum Gasteiger partial charge on any atom is -0.338 e. The molecule has 3 nitrogen and oxygen atoms in total. The van der Waals surface area contributed by atoms with Crippen LogP contribution in [-0.4, -0.2) is 42.4 Å². The first kappa shape index (κ1) is 18.7. The summed E-state index contributed by atoms with van der Waals surface area (Å²) in [5, 5.41) is 0. The second-order valence-electron chi connectivity index (χ2n) is 7.99. The Balaban J connectivity index is 0.00000182. The summed E-state index contributed by atoms with van der Waals surface area (Å²) in [7, 11) is 2.00. The van der Waals surface area contributed by atoms with Crippen LogP contribution in [0, 0.1) is 5.92 Å². The number of piperidine rings is 1. The number of nitrogens with zero attached hydrogens (tertiary/aromatic N) is 2. The molecular weight excluding hydrogens is 332 g/mol. The van der Waals surface area contributed by atoms with E-state index in [4.69, 9.17) is 0 Å². The van der Waals surface area contributed by atoms with E-state index in [-0.39, 0.29) is 24.4 Å². The average molecular weight is 363 g/mol. The van der Waals surface area contributed by atoms with Gasteiger partial charge in [0, 0.05) is 13.6 Å². The third kappa shape index (κ3) is 3.88. The first-order valence-electron chi connectivity index (χ1n) is 9.83. The summed E-state index contributed by atoms with van der Waals surface area (Å²) in [6, 6.07) is 7.27. The Morgan fingerprint density at radius 1 is 1.00 bits per heavy atom. The average Bonchev–Trinajstić information content (AvgIpc) is 2.91. The van der Waals surface area contributed by atoms with Gasteiger partial charge in [-0.2, -0.15) is 0 Å². The number of likely N-dealkylation sites (tertiary alicyclic amines) is 2. The van der Waals surface area contributed by atoms with Crippen LogP contribution < -0.4 is 0 Å². The van der Waals surface area contributed by atoms with Crippen LogP contribution in [0.2, 0.25) is 0 Å². The number of benzene rings is 1. The highest BCUT2D eigenvalue weighted by Crippen LogP contribution is 2.37. The zero-order chi connectivity index (χ0) is 16.5. The van der Waals surface area contributed by atoms with Crippen LogP contribution in [0.15, 0.2) is 18.2 Å². The van der Waals surface area contributed by atoms with E-state index >= 15 is 0 Å². The third-order valence-electron chi connectivity index (χ3n) is 6.36. The van der Waals surface area contributed by atoms with Crippen LogP contribution in [0.3, 0.4) is 0 Å². The molecule has 138 valence electrons. The van der Waals surface area contributed by atoms with Crippen LogP contribution in [-0.2, 0) is 17.6 Å². The lowest BCUT2D eigenvalue weighted by Gasteiger charge is -2.28. The molecule has 2 fully saturated rings. The molecule has 4 heteroatoms. The van der Waals surface area contributed by atoms with Gasteiger partial charge in [-0.15, -0.1) is 12.4 Å². The molecule has 2 saturated heterocycles. The number of rotatable bonds is 3. The summed E-state index contributed by atoms with van der Waals surface area (Å²) < 4.78 is 0. The lowest BCUT2D eigenvalue weighted by atomic mass is 9.88. The van der Waals surface area contributed by atoms with Gasteiger partial charge in [0.15, 0.2) is 0 Å². The molecule has 1 aromatic rings. The fraction of sp³-hybridized carbons (Fsp3) is 0.667. The normalized spacial score (nSPS) is 27.1. The maximum absolute atomic E-state index is 12.8. The van der Waals surface area contributed by atoms with Gasteiger partial charge in [-0.3, -0.25) is 4.79 Å². The van der Waals surface area contributed by atoms with Gasteiger partial charge < -0.3 is 9.80 Å². The molecular formula is C21H31ClN2O. The number of aryl methyl sites for hydroxylation is 2. The van der Waals surface area contributed by atoms with Crippen LogP contribution in [0.1, 0.15) is 61.3 Å². The monoisotopic (exact) mass is 362 g/mol. The van der Waals surface area contributed by atoms with E-state index < -0.39 is 0 Å². The van der Waals surface area contributed by atoms with Crippen molar-refractivity contribution in [3.63, 3.8) is 0 Å². The first-order chi connectivity index (χ1) is 11.7. The largest absolute Gasteiger partial charge is 0.338 e. The highest BCUT2D eigenvalue weighted by Gasteiger charge is 2.38. The molecule has 25 heavy (non-hydrogen) atoms. The molecule has 0 saturated carbocycles. The Bertz CT molecular complexity index is 612. The van der Waals surface area contributed by atoms with Crippen LogP contribution in [0.5, 0.6) is 0 Å². The summed E-state index contributed by atoms with van der Waals surface area (Å²) >= 11 is 0. The van der Waals surface area contributed by atoms with Gasteiger partial charge in [-0.1, -0.05) is 24.6 Å². The van der Waals surface area contributed by atoms with Crippen molar-refractivity contribution in [2.75, 3.05) is 26.7 Å². The van der Waals surface area contributed by atoms with Gasteiger partial charge in [0.05, 0.1) is 12.0 Å². The van der Waals surface area contributed by atoms with Gasteiger partial charge >= 0.3 is 0 Å². The Labute approximate surface area is 158 Å². The van der Waals surface area contributed by atoms with E-state index in [1.807, 2.05) is 11.9 Å². The molecule has 3 aliphatic rings. The van der Waals surface area contributed by atoms with Gasteiger partial charge in [0.1, 0.15) is 0 Å². The van der Waals surface area contributed by atoms with Gasteiger partial charge in [0.2, 0.25) is 5.91 Å². The second kappa shape index (κ2) is 8.09. The fourth-order valence-corrected chi connectivity index (χ4v) is 4.90. The molecule has 2 heterocycles. The van der Waals surface area contributed by atoms with Crippen LogP contribution in [0.25, 0.3) is 0 Å². The topological polar surface area (TPSA) is 23.6 Å². The predicted octanol–water partition coefficient (Wildman–Crippen LogP) is 3.99. The number of halogens is 1. The molecule has 0 unspecified atom stereocenters. The predicted molar refractivity (Wildman–Crippen MR) is 104 cm³/mol. The van der Waals surface area contributed by atoms with Crippen LogP contribution >= 0.6 is 12.4 Å². The van der Waals surface area contributed by atoms with Crippen molar-refractivity contribution in [2.24, 2.45) is 5.92 Å². The summed E-state index contributed by atoms with van der Waals surface area (Å²) in [5.74, 6) is 0.539. The summed E-state index contributed by atoms with van der Waals surface area (Å²) in [4.78, 5) is 17.3. The van der Waals surface area contributed by atoms with Crippen molar-refractivity contribution in [1.29, 1.82) is 0 Å². The number of fused-ring (bicyclic) bond motifs is 1. The lowest BCUT2D eigenvalue weighted by molar-refractivity contribution is -0.131. The highest BCUT2D eigenvalue weighted by atomic mass is 35.5. The SMILES string of the molecule is CN1C(=O)[C@@H](CN2CCCCC2)C[C@H]1c1ccc2c(c1)CCCC2.Cl. The molecule has 0 N–H and O–H groups in total. The minimum atomic E-state index is 0. The quantitative estimate of drug-likeness (QED) is 0.811. The molecule has 4 rings (SSSR count). The van der Waals surface area contributed by atoms with E-state index in [0.29, 0.717) is 5.91 Å². The van der Waals surface area contributed by atoms with Crippen molar-refractivity contribution in [2.45, 2.75) is 57.4 Å². The van der Waals surface area contributed by atoms with Crippen molar-refractivity contribution < 1.29 is 4.79 Å². The van der Waals surface area contributed by atoms with E-state index in [1.54, 1.807) is 0 Å². The summed E-state index contributed by atoms with van der Waals surface area (Å²) in [6.07, 6.45) is 10.0. The van der Waals surface area contributed by atoms with Crippen molar-refractivity contribution in [3.8, 4) is 0 Å². The number of carbonyl (C=O) groups excluding carboxylic acids is 1. The van der Waals surface area contributed by atoms with Crippen molar-refractivity contribution in [1.82, 2.24) is 9.80 Å². The second-order valence-corrected chi connectivity index (χ2v) is 7.99. The molecule has 0 radical (unpaired) electrons. The molecule has 1 amide bonds. The number of amides is 1. The number of hydrogen-bond donors (Lipinski definition) is 0. The maximum Gasteiger partial charge on any atom is 0.227 e. The zero-order valence-corrected chi connectivity index (χ0v) is 16.2. The Kier molecular flexibility index (Phi) is 6.06. The third-order valence-corrected chi connectivity index (χ3v) is 6.36. The first-order valence-corrected chi connectivity index (χ1v) is 9.83. The molecule has 0 bridgehead atoms. The molecule has 0 aromatic heterocycles. The number of carbonyl (C=O) groups is 1. The van der Waals surface area contributed by atoms with Crippen LogP contribution in [0.4, 0.5) is 0 Å². The maximum atomic E-state index is 12.8. The molecule has 0 spiro atoms. The number of hydrogen-bond acceptors (Lipinski definition) is 2. The van der Waals surface area contributed by atoms with E-state index in [1.165, 1.54) is 74.7 Å². The van der Waals surface area contributed by atoms with Crippen molar-refractivity contribution >= 4 is 18.3 Å².